The van der Waals surface area contributed by atoms with Gasteiger partial charge < -0.3 is 9.47 Å². The first-order chi connectivity index (χ1) is 10.4. The summed E-state index contributed by atoms with van der Waals surface area (Å²) in [5.74, 6) is 0. The molecule has 0 atom stereocenters. The van der Waals surface area contributed by atoms with Crippen molar-refractivity contribution in [1.29, 1.82) is 0 Å². The van der Waals surface area contributed by atoms with Crippen LogP contribution in [0.25, 0.3) is 0 Å². The maximum Gasteiger partial charge on any atom is 0.209 e. The highest BCUT2D eigenvalue weighted by Crippen LogP contribution is 2.40. The lowest BCUT2D eigenvalue weighted by molar-refractivity contribution is -0.444. The molecule has 1 aromatic rings. The summed E-state index contributed by atoms with van der Waals surface area (Å²) in [6.45, 7) is 15.4. The third-order valence-corrected chi connectivity index (χ3v) is 4.72. The van der Waals surface area contributed by atoms with Gasteiger partial charge in [-0.1, -0.05) is 11.6 Å². The summed E-state index contributed by atoms with van der Waals surface area (Å²) in [5.41, 5.74) is 5.57. The van der Waals surface area contributed by atoms with Gasteiger partial charge in [0, 0.05) is 31.8 Å². The third kappa shape index (κ3) is 3.26. The van der Waals surface area contributed by atoms with E-state index in [4.69, 9.17) is 9.47 Å². The standard InChI is InChI=1S/C19H30NO2/c1-7-21-18(22-8-2)11-12-20-15(4)19(5,6)16-13-14(3)9-10-17(16)20/h9-10,13,18H,7-8,11-12H2,1-6H3/q+1. The molecule has 0 spiro atoms. The molecule has 1 heterocycles. The Balaban J connectivity index is 2.22. The van der Waals surface area contributed by atoms with Gasteiger partial charge in [-0.15, -0.1) is 0 Å². The Bertz CT molecular complexity index is 555. The van der Waals surface area contributed by atoms with Gasteiger partial charge in [0.25, 0.3) is 0 Å². The van der Waals surface area contributed by atoms with Crippen LogP contribution in [0.4, 0.5) is 5.69 Å². The zero-order valence-electron chi connectivity index (χ0n) is 14.9. The monoisotopic (exact) mass is 304 g/mol. The maximum absolute atomic E-state index is 5.68. The van der Waals surface area contributed by atoms with Gasteiger partial charge in [0.15, 0.2) is 18.5 Å². The van der Waals surface area contributed by atoms with Crippen LogP contribution in [0.15, 0.2) is 18.2 Å². The van der Waals surface area contributed by atoms with Crippen molar-refractivity contribution < 1.29 is 14.0 Å². The van der Waals surface area contributed by atoms with Crippen LogP contribution in [0.2, 0.25) is 0 Å². The molecule has 2 rings (SSSR count). The third-order valence-electron chi connectivity index (χ3n) is 4.72. The first-order valence-electron chi connectivity index (χ1n) is 8.37. The van der Waals surface area contributed by atoms with Crippen molar-refractivity contribution in [1.82, 2.24) is 0 Å². The van der Waals surface area contributed by atoms with Crippen LogP contribution >= 0.6 is 0 Å². The Morgan fingerprint density at radius 3 is 2.32 bits per heavy atom. The Kier molecular flexibility index (Phi) is 5.41. The largest absolute Gasteiger partial charge is 0.353 e. The normalized spacial score (nSPS) is 16.5. The molecule has 1 aromatic carbocycles. The van der Waals surface area contributed by atoms with Crippen molar-refractivity contribution in [3.05, 3.63) is 29.3 Å². The Labute approximate surface area is 135 Å². The molecule has 0 bridgehead atoms. The molecule has 0 aromatic heterocycles. The maximum atomic E-state index is 5.68. The van der Waals surface area contributed by atoms with Gasteiger partial charge in [0.05, 0.1) is 11.8 Å². The minimum Gasteiger partial charge on any atom is -0.353 e. The average Bonchev–Trinajstić information content (AvgIpc) is 2.65. The topological polar surface area (TPSA) is 21.5 Å². The van der Waals surface area contributed by atoms with Crippen molar-refractivity contribution in [2.24, 2.45) is 0 Å². The Morgan fingerprint density at radius 1 is 1.09 bits per heavy atom. The average molecular weight is 304 g/mol. The van der Waals surface area contributed by atoms with Crippen molar-refractivity contribution in [2.75, 3.05) is 19.8 Å². The van der Waals surface area contributed by atoms with Gasteiger partial charge >= 0.3 is 0 Å². The molecule has 0 amide bonds. The molecule has 3 nitrogen and oxygen atoms in total. The molecule has 0 aliphatic carbocycles. The van der Waals surface area contributed by atoms with Crippen LogP contribution in [0.3, 0.4) is 0 Å². The summed E-state index contributed by atoms with van der Waals surface area (Å²) in [5, 5.41) is 0. The number of aryl methyl sites for hydroxylation is 1. The highest BCUT2D eigenvalue weighted by atomic mass is 16.7. The van der Waals surface area contributed by atoms with Crippen LogP contribution in [-0.2, 0) is 14.9 Å². The lowest BCUT2D eigenvalue weighted by Crippen LogP contribution is -2.28. The van der Waals surface area contributed by atoms with Crippen LogP contribution in [-0.4, -0.2) is 36.3 Å². The fourth-order valence-electron chi connectivity index (χ4n) is 3.21. The predicted molar refractivity (Wildman–Crippen MR) is 91.3 cm³/mol. The van der Waals surface area contributed by atoms with E-state index < -0.39 is 0 Å². The number of benzene rings is 1. The quantitative estimate of drug-likeness (QED) is 0.557. The molecule has 22 heavy (non-hydrogen) atoms. The lowest BCUT2D eigenvalue weighted by Gasteiger charge is -2.16. The minimum absolute atomic E-state index is 0.0913. The van der Waals surface area contributed by atoms with E-state index in [1.165, 1.54) is 22.5 Å². The van der Waals surface area contributed by atoms with Crippen molar-refractivity contribution >= 4 is 11.4 Å². The van der Waals surface area contributed by atoms with Gasteiger partial charge in [-0.3, -0.25) is 0 Å². The summed E-state index contributed by atoms with van der Waals surface area (Å²) in [6.07, 6.45) is 0.767. The Hall–Kier alpha value is -1.19. The summed E-state index contributed by atoms with van der Waals surface area (Å²) in [6, 6.07) is 6.77. The number of ether oxygens (including phenoxy) is 2. The van der Waals surface area contributed by atoms with Gasteiger partial charge in [0.1, 0.15) is 0 Å². The van der Waals surface area contributed by atoms with Crippen LogP contribution < -0.4 is 0 Å². The van der Waals surface area contributed by atoms with Crippen LogP contribution in [0.1, 0.15) is 52.2 Å². The zero-order chi connectivity index (χ0) is 16.3. The first-order valence-corrected chi connectivity index (χ1v) is 8.37. The molecule has 0 fully saturated rings. The molecule has 0 saturated carbocycles. The van der Waals surface area contributed by atoms with E-state index in [-0.39, 0.29) is 11.7 Å². The van der Waals surface area contributed by atoms with E-state index in [0.717, 1.165) is 13.0 Å². The second-order valence-corrected chi connectivity index (χ2v) is 6.51. The van der Waals surface area contributed by atoms with Gasteiger partial charge in [-0.2, -0.15) is 4.58 Å². The molecule has 0 unspecified atom stereocenters. The number of hydrogen-bond acceptors (Lipinski definition) is 2. The van der Waals surface area contributed by atoms with E-state index in [1.807, 2.05) is 13.8 Å². The number of fused-ring (bicyclic) bond motifs is 1. The molecule has 1 aliphatic rings. The van der Waals surface area contributed by atoms with Gasteiger partial charge in [-0.05, 0) is 40.7 Å². The van der Waals surface area contributed by atoms with E-state index in [2.05, 4.69) is 50.5 Å². The first kappa shape index (κ1) is 17.2. The summed E-state index contributed by atoms with van der Waals surface area (Å²) in [7, 11) is 0. The molecule has 0 N–H and O–H groups in total. The number of hydrogen-bond donors (Lipinski definition) is 0. The zero-order valence-corrected chi connectivity index (χ0v) is 14.9. The highest BCUT2D eigenvalue weighted by molar-refractivity contribution is 5.93. The molecular weight excluding hydrogens is 274 g/mol. The van der Waals surface area contributed by atoms with Crippen LogP contribution in [0, 0.1) is 6.92 Å². The number of nitrogens with zero attached hydrogens (tertiary/aromatic N) is 1. The highest BCUT2D eigenvalue weighted by Gasteiger charge is 2.42. The second-order valence-electron chi connectivity index (χ2n) is 6.51. The molecule has 122 valence electrons. The molecule has 1 aliphatic heterocycles. The van der Waals surface area contributed by atoms with Gasteiger partial charge in [0.2, 0.25) is 5.69 Å². The summed E-state index contributed by atoms with van der Waals surface area (Å²) < 4.78 is 13.8. The second kappa shape index (κ2) is 6.93. The minimum atomic E-state index is -0.111. The van der Waals surface area contributed by atoms with Crippen molar-refractivity contribution in [2.45, 2.75) is 59.7 Å². The van der Waals surface area contributed by atoms with Gasteiger partial charge in [-0.25, -0.2) is 0 Å². The SMILES string of the molecule is CCOC(CC[N+]1=C(C)C(C)(C)c2cc(C)ccc21)OCC. The summed E-state index contributed by atoms with van der Waals surface area (Å²) >= 11 is 0. The molecular formula is C19H30NO2+. The Morgan fingerprint density at radius 2 is 1.73 bits per heavy atom. The smallest absolute Gasteiger partial charge is 0.209 e. The fourth-order valence-corrected chi connectivity index (χ4v) is 3.21. The van der Waals surface area contributed by atoms with Crippen molar-refractivity contribution in [3.8, 4) is 0 Å². The van der Waals surface area contributed by atoms with E-state index in [1.54, 1.807) is 0 Å². The number of rotatable bonds is 7. The summed E-state index contributed by atoms with van der Waals surface area (Å²) in [4.78, 5) is 0. The van der Waals surface area contributed by atoms with E-state index >= 15 is 0 Å². The van der Waals surface area contributed by atoms with E-state index in [9.17, 15) is 0 Å². The van der Waals surface area contributed by atoms with Crippen molar-refractivity contribution in [3.63, 3.8) is 0 Å². The lowest BCUT2D eigenvalue weighted by atomic mass is 9.82. The molecule has 0 saturated heterocycles. The molecule has 0 radical (unpaired) electrons. The van der Waals surface area contributed by atoms with E-state index in [0.29, 0.717) is 13.2 Å². The fraction of sp³-hybridized carbons (Fsp3) is 0.632. The van der Waals surface area contributed by atoms with Crippen LogP contribution in [0.5, 0.6) is 0 Å². The molecule has 3 heteroatoms. The predicted octanol–water partition coefficient (Wildman–Crippen LogP) is 4.18.